The number of hydrogen-bond donors (Lipinski definition) is 2. The molecule has 2 heterocycles. The van der Waals surface area contributed by atoms with Crippen LogP contribution >= 0.6 is 11.8 Å². The second-order valence-electron chi connectivity index (χ2n) is 7.62. The van der Waals surface area contributed by atoms with Crippen LogP contribution in [0.3, 0.4) is 0 Å². The molecule has 2 aliphatic rings. The standard InChI is InChI=1S/C22H25N3O5S2/c1-29-17-7-6-14(19(11-17)30-2)8-9-23-21(26)15-4-3-5-16(10-15)24-22-25-18-12-32(27,28)13-20(18)31-22/h3-7,10-11,18,20H,8-9,12-13H2,1-2H3,(H,23,26)(H,24,25)/t18-,20-/m1/s1. The van der Waals surface area contributed by atoms with Crippen molar-refractivity contribution in [3.63, 3.8) is 0 Å². The Bertz CT molecular complexity index is 1150. The Balaban J connectivity index is 1.33. The van der Waals surface area contributed by atoms with E-state index in [1.165, 1.54) is 11.8 Å². The van der Waals surface area contributed by atoms with Gasteiger partial charge in [-0.3, -0.25) is 9.79 Å². The minimum Gasteiger partial charge on any atom is -0.497 e. The van der Waals surface area contributed by atoms with E-state index in [1.807, 2.05) is 24.3 Å². The monoisotopic (exact) mass is 475 g/mol. The van der Waals surface area contributed by atoms with E-state index < -0.39 is 9.84 Å². The van der Waals surface area contributed by atoms with Crippen LogP contribution < -0.4 is 20.1 Å². The summed E-state index contributed by atoms with van der Waals surface area (Å²) in [6.07, 6.45) is 0.621. The van der Waals surface area contributed by atoms with Crippen LogP contribution in [0.2, 0.25) is 0 Å². The number of anilines is 1. The molecule has 0 aliphatic carbocycles. The van der Waals surface area contributed by atoms with Gasteiger partial charge in [0, 0.05) is 29.1 Å². The first-order valence-corrected chi connectivity index (χ1v) is 12.9. The highest BCUT2D eigenvalue weighted by molar-refractivity contribution is 8.15. The molecule has 0 aromatic heterocycles. The number of amidine groups is 1. The predicted molar refractivity (Wildman–Crippen MR) is 127 cm³/mol. The van der Waals surface area contributed by atoms with E-state index in [1.54, 1.807) is 32.4 Å². The summed E-state index contributed by atoms with van der Waals surface area (Å²) < 4.78 is 34.0. The highest BCUT2D eigenvalue weighted by Crippen LogP contribution is 2.34. The molecule has 2 N–H and O–H groups in total. The Kier molecular flexibility index (Phi) is 6.61. The molecule has 2 atom stereocenters. The summed E-state index contributed by atoms with van der Waals surface area (Å²) >= 11 is 1.45. The van der Waals surface area contributed by atoms with Crippen LogP contribution in [0.1, 0.15) is 15.9 Å². The Hall–Kier alpha value is -2.72. The third-order valence-corrected chi connectivity index (χ3v) is 8.51. The first kappa shape index (κ1) is 22.5. The lowest BCUT2D eigenvalue weighted by molar-refractivity contribution is 0.0954. The zero-order valence-corrected chi connectivity index (χ0v) is 19.5. The maximum Gasteiger partial charge on any atom is 0.251 e. The minimum atomic E-state index is -2.98. The second-order valence-corrected chi connectivity index (χ2v) is 11.0. The summed E-state index contributed by atoms with van der Waals surface area (Å²) in [4.78, 5) is 17.1. The number of hydrogen-bond acceptors (Lipinski definition) is 8. The molecular weight excluding hydrogens is 450 g/mol. The van der Waals surface area contributed by atoms with Crippen LogP contribution in [-0.2, 0) is 16.3 Å². The zero-order valence-electron chi connectivity index (χ0n) is 17.8. The maximum atomic E-state index is 12.6. The number of aliphatic imine (C=N–C) groups is 1. The highest BCUT2D eigenvalue weighted by Gasteiger charge is 2.42. The number of benzene rings is 2. The number of nitrogens with one attached hydrogen (secondary N) is 2. The molecule has 0 saturated carbocycles. The first-order chi connectivity index (χ1) is 15.4. The molecule has 0 bridgehead atoms. The number of sulfone groups is 1. The van der Waals surface area contributed by atoms with E-state index in [2.05, 4.69) is 15.6 Å². The molecule has 10 heteroatoms. The Morgan fingerprint density at radius 2 is 2.00 bits per heavy atom. The lowest BCUT2D eigenvalue weighted by Crippen LogP contribution is -2.26. The molecule has 2 aromatic carbocycles. The molecule has 0 spiro atoms. The van der Waals surface area contributed by atoms with E-state index in [0.717, 1.165) is 17.0 Å². The van der Waals surface area contributed by atoms with Gasteiger partial charge in [-0.2, -0.15) is 0 Å². The maximum absolute atomic E-state index is 12.6. The molecular formula is C22H25N3O5S2. The van der Waals surface area contributed by atoms with E-state index in [9.17, 15) is 13.2 Å². The summed E-state index contributed by atoms with van der Waals surface area (Å²) in [6.45, 7) is 0.458. The lowest BCUT2D eigenvalue weighted by atomic mass is 10.1. The number of methoxy groups -OCH3 is 2. The zero-order chi connectivity index (χ0) is 22.7. The van der Waals surface area contributed by atoms with Crippen molar-refractivity contribution in [3.05, 3.63) is 53.6 Å². The van der Waals surface area contributed by atoms with Crippen LogP contribution in [0.4, 0.5) is 5.69 Å². The Morgan fingerprint density at radius 3 is 2.75 bits per heavy atom. The highest BCUT2D eigenvalue weighted by atomic mass is 32.2. The van der Waals surface area contributed by atoms with Gasteiger partial charge in [-0.15, -0.1) is 0 Å². The molecule has 4 rings (SSSR count). The summed E-state index contributed by atoms with van der Waals surface area (Å²) in [5.41, 5.74) is 2.25. The quantitative estimate of drug-likeness (QED) is 0.633. The summed E-state index contributed by atoms with van der Waals surface area (Å²) in [5, 5.41) is 6.81. The SMILES string of the molecule is COc1ccc(CCNC(=O)c2cccc(NC3=N[C@@H]4CS(=O)(=O)C[C@H]4S3)c2)c(OC)c1. The third-order valence-electron chi connectivity index (χ3n) is 5.37. The van der Waals surface area contributed by atoms with Gasteiger partial charge in [-0.1, -0.05) is 23.9 Å². The summed E-state index contributed by atoms with van der Waals surface area (Å²) in [5.74, 6) is 1.53. The molecule has 8 nitrogen and oxygen atoms in total. The second kappa shape index (κ2) is 9.41. The van der Waals surface area contributed by atoms with Gasteiger partial charge in [-0.05, 0) is 36.2 Å². The molecule has 2 aromatic rings. The Morgan fingerprint density at radius 1 is 1.16 bits per heavy atom. The van der Waals surface area contributed by atoms with Crippen molar-refractivity contribution in [2.45, 2.75) is 17.7 Å². The lowest BCUT2D eigenvalue weighted by Gasteiger charge is -2.12. The number of carbonyl (C=O) groups is 1. The van der Waals surface area contributed by atoms with Gasteiger partial charge < -0.3 is 20.1 Å². The van der Waals surface area contributed by atoms with Crippen molar-refractivity contribution in [1.29, 1.82) is 0 Å². The number of ether oxygens (including phenoxy) is 2. The minimum absolute atomic E-state index is 0.0241. The topological polar surface area (TPSA) is 106 Å². The number of thioether (sulfide) groups is 1. The van der Waals surface area contributed by atoms with E-state index in [4.69, 9.17) is 9.47 Å². The Labute approximate surface area is 191 Å². The first-order valence-electron chi connectivity index (χ1n) is 10.2. The van der Waals surface area contributed by atoms with Gasteiger partial charge in [-0.25, -0.2) is 8.42 Å². The van der Waals surface area contributed by atoms with Gasteiger partial charge in [0.25, 0.3) is 5.91 Å². The van der Waals surface area contributed by atoms with Crippen molar-refractivity contribution in [2.75, 3.05) is 37.6 Å². The van der Waals surface area contributed by atoms with Crippen molar-refractivity contribution >= 4 is 38.4 Å². The van der Waals surface area contributed by atoms with Crippen molar-refractivity contribution in [1.82, 2.24) is 5.32 Å². The fourth-order valence-electron chi connectivity index (χ4n) is 3.75. The average molecular weight is 476 g/mol. The van der Waals surface area contributed by atoms with Crippen molar-refractivity contribution < 1.29 is 22.7 Å². The van der Waals surface area contributed by atoms with Crippen LogP contribution in [-0.4, -0.2) is 63.1 Å². The molecule has 0 unspecified atom stereocenters. The molecule has 2 aliphatic heterocycles. The largest absolute Gasteiger partial charge is 0.497 e. The van der Waals surface area contributed by atoms with Gasteiger partial charge >= 0.3 is 0 Å². The number of nitrogens with zero attached hydrogens (tertiary/aromatic N) is 1. The molecule has 32 heavy (non-hydrogen) atoms. The molecule has 1 fully saturated rings. The number of rotatable bonds is 7. The van der Waals surface area contributed by atoms with Crippen LogP contribution in [0.15, 0.2) is 47.5 Å². The molecule has 0 radical (unpaired) electrons. The molecule has 1 saturated heterocycles. The van der Waals surface area contributed by atoms with Crippen LogP contribution in [0.25, 0.3) is 0 Å². The average Bonchev–Trinajstić information content (AvgIpc) is 3.26. The van der Waals surface area contributed by atoms with Gasteiger partial charge in [0.1, 0.15) is 11.5 Å². The fourth-order valence-corrected chi connectivity index (χ4v) is 7.42. The molecule has 170 valence electrons. The number of amides is 1. The molecule has 1 amide bonds. The smallest absolute Gasteiger partial charge is 0.251 e. The van der Waals surface area contributed by atoms with Crippen LogP contribution in [0, 0.1) is 0 Å². The predicted octanol–water partition coefficient (Wildman–Crippen LogP) is 2.36. The van der Waals surface area contributed by atoms with E-state index in [0.29, 0.717) is 29.4 Å². The van der Waals surface area contributed by atoms with Crippen molar-refractivity contribution in [2.24, 2.45) is 4.99 Å². The normalized spacial score (nSPS) is 20.9. The third kappa shape index (κ3) is 5.18. The number of fused-ring (bicyclic) bond motifs is 1. The fraction of sp³-hybridized carbons (Fsp3) is 0.364. The van der Waals surface area contributed by atoms with E-state index >= 15 is 0 Å². The van der Waals surface area contributed by atoms with Gasteiger partial charge in [0.2, 0.25) is 0 Å². The number of carbonyl (C=O) groups excluding carboxylic acids is 1. The van der Waals surface area contributed by atoms with Gasteiger partial charge in [0.05, 0.1) is 31.8 Å². The van der Waals surface area contributed by atoms with Gasteiger partial charge in [0.15, 0.2) is 15.0 Å². The summed E-state index contributed by atoms with van der Waals surface area (Å²) in [7, 11) is 0.229. The van der Waals surface area contributed by atoms with E-state index in [-0.39, 0.29) is 28.7 Å². The van der Waals surface area contributed by atoms with Crippen molar-refractivity contribution in [3.8, 4) is 11.5 Å². The van der Waals surface area contributed by atoms with Crippen LogP contribution in [0.5, 0.6) is 11.5 Å². The summed E-state index contributed by atoms with van der Waals surface area (Å²) in [6, 6.07) is 12.6.